The van der Waals surface area contributed by atoms with Gasteiger partial charge in [-0.1, -0.05) is 12.1 Å². The van der Waals surface area contributed by atoms with Gasteiger partial charge in [-0.05, 0) is 55.7 Å². The zero-order valence-corrected chi connectivity index (χ0v) is 17.9. The van der Waals surface area contributed by atoms with E-state index in [-0.39, 0.29) is 37.0 Å². The standard InChI is InChI=1S/C23H25F3N4O3/c24-23(25,26)22(32)30(13-4-14-33-19-6-3-5-17(15-19)20(27)28)18-9-7-16(8-10-18)21(31)29-11-1-2-12-29/h3,5-10,15H,1-2,4,11-14H2,(H3,27,28). The summed E-state index contributed by atoms with van der Waals surface area (Å²) in [6.07, 6.45) is -3.06. The third-order valence-electron chi connectivity index (χ3n) is 5.25. The number of rotatable bonds is 8. The number of anilines is 1. The maximum absolute atomic E-state index is 13.2. The smallest absolute Gasteiger partial charge is 0.471 e. The zero-order valence-electron chi connectivity index (χ0n) is 17.9. The van der Waals surface area contributed by atoms with Gasteiger partial charge in [-0.2, -0.15) is 13.2 Å². The minimum absolute atomic E-state index is 0.0499. The molecule has 3 rings (SSSR count). The van der Waals surface area contributed by atoms with Crippen molar-refractivity contribution in [2.24, 2.45) is 5.73 Å². The Hall–Kier alpha value is -3.56. The number of nitrogens with two attached hydrogens (primary N) is 1. The largest absolute Gasteiger partial charge is 0.494 e. The van der Waals surface area contributed by atoms with Crippen molar-refractivity contribution in [1.82, 2.24) is 4.90 Å². The quantitative estimate of drug-likeness (QED) is 0.356. The molecule has 0 atom stereocenters. The van der Waals surface area contributed by atoms with Crippen LogP contribution in [0.3, 0.4) is 0 Å². The van der Waals surface area contributed by atoms with Crippen LogP contribution in [0.5, 0.6) is 5.75 Å². The Morgan fingerprint density at radius 2 is 1.73 bits per heavy atom. The number of amidine groups is 1. The zero-order chi connectivity index (χ0) is 24.0. The van der Waals surface area contributed by atoms with E-state index in [1.807, 2.05) is 0 Å². The van der Waals surface area contributed by atoms with E-state index in [4.69, 9.17) is 15.9 Å². The third kappa shape index (κ3) is 6.24. The summed E-state index contributed by atoms with van der Waals surface area (Å²) in [6.45, 7) is 1.14. The Balaban J connectivity index is 1.66. The molecule has 1 aliphatic heterocycles. The summed E-state index contributed by atoms with van der Waals surface area (Å²) in [7, 11) is 0. The number of halogens is 3. The van der Waals surface area contributed by atoms with E-state index in [2.05, 4.69) is 0 Å². The van der Waals surface area contributed by atoms with E-state index >= 15 is 0 Å². The molecule has 2 aromatic carbocycles. The predicted molar refractivity (Wildman–Crippen MR) is 118 cm³/mol. The molecular weight excluding hydrogens is 437 g/mol. The average Bonchev–Trinajstić information content (AvgIpc) is 3.33. The SMILES string of the molecule is N=C(N)c1cccc(OCCCN(C(=O)C(F)(F)F)c2ccc(C(=O)N3CCCC3)cc2)c1. The van der Waals surface area contributed by atoms with Crippen LogP contribution in [0.4, 0.5) is 18.9 Å². The molecule has 0 radical (unpaired) electrons. The second kappa shape index (κ2) is 10.4. The summed E-state index contributed by atoms with van der Waals surface area (Å²) in [5.41, 5.74) is 6.32. The lowest BCUT2D eigenvalue weighted by Crippen LogP contribution is -2.42. The number of carbonyl (C=O) groups excluding carboxylic acids is 2. The normalized spacial score (nSPS) is 13.6. The maximum Gasteiger partial charge on any atom is 0.471 e. The molecular formula is C23H25F3N4O3. The van der Waals surface area contributed by atoms with Crippen molar-refractivity contribution in [2.75, 3.05) is 31.1 Å². The predicted octanol–water partition coefficient (Wildman–Crippen LogP) is 3.57. The molecule has 10 heteroatoms. The van der Waals surface area contributed by atoms with Gasteiger partial charge in [0.25, 0.3) is 5.91 Å². The Bertz CT molecular complexity index is 1000. The molecule has 33 heavy (non-hydrogen) atoms. The van der Waals surface area contributed by atoms with E-state index in [0.29, 0.717) is 34.9 Å². The molecule has 1 heterocycles. The number of carbonyl (C=O) groups is 2. The molecule has 0 aliphatic carbocycles. The highest BCUT2D eigenvalue weighted by Gasteiger charge is 2.43. The Morgan fingerprint density at radius 1 is 1.06 bits per heavy atom. The highest BCUT2D eigenvalue weighted by atomic mass is 19.4. The maximum atomic E-state index is 13.2. The van der Waals surface area contributed by atoms with Crippen molar-refractivity contribution in [3.8, 4) is 5.75 Å². The van der Waals surface area contributed by atoms with Crippen LogP contribution < -0.4 is 15.4 Å². The Kier molecular flexibility index (Phi) is 7.57. The average molecular weight is 462 g/mol. The van der Waals surface area contributed by atoms with Crippen LogP contribution in [-0.4, -0.2) is 55.0 Å². The topological polar surface area (TPSA) is 99.7 Å². The number of hydrogen-bond acceptors (Lipinski definition) is 4. The fourth-order valence-corrected chi connectivity index (χ4v) is 3.55. The van der Waals surface area contributed by atoms with Crippen LogP contribution in [0.15, 0.2) is 48.5 Å². The molecule has 1 saturated heterocycles. The van der Waals surface area contributed by atoms with Crippen LogP contribution in [0.2, 0.25) is 0 Å². The van der Waals surface area contributed by atoms with Crippen LogP contribution in [0, 0.1) is 5.41 Å². The molecule has 0 saturated carbocycles. The number of nitrogens with zero attached hydrogens (tertiary/aromatic N) is 2. The molecule has 176 valence electrons. The molecule has 1 fully saturated rings. The van der Waals surface area contributed by atoms with Gasteiger partial charge in [0.1, 0.15) is 11.6 Å². The van der Waals surface area contributed by atoms with Crippen molar-refractivity contribution in [1.29, 1.82) is 5.41 Å². The molecule has 0 unspecified atom stereocenters. The van der Waals surface area contributed by atoms with Gasteiger partial charge in [0.05, 0.1) is 6.61 Å². The minimum atomic E-state index is -5.04. The van der Waals surface area contributed by atoms with E-state index in [9.17, 15) is 22.8 Å². The highest BCUT2D eigenvalue weighted by Crippen LogP contribution is 2.25. The fraction of sp³-hybridized carbons (Fsp3) is 0.348. The number of alkyl halides is 3. The summed E-state index contributed by atoms with van der Waals surface area (Å²) >= 11 is 0. The Labute approximate surface area is 189 Å². The molecule has 3 N–H and O–H groups in total. The van der Waals surface area contributed by atoms with Crippen LogP contribution in [0.25, 0.3) is 0 Å². The number of ether oxygens (including phenoxy) is 1. The van der Waals surface area contributed by atoms with Crippen molar-refractivity contribution in [2.45, 2.75) is 25.4 Å². The number of nitrogens with one attached hydrogen (secondary N) is 1. The van der Waals surface area contributed by atoms with E-state index < -0.39 is 12.1 Å². The molecule has 2 amide bonds. The number of nitrogen functional groups attached to an aromatic ring is 1. The highest BCUT2D eigenvalue weighted by molar-refractivity contribution is 5.99. The summed E-state index contributed by atoms with van der Waals surface area (Å²) < 4.78 is 45.1. The minimum Gasteiger partial charge on any atom is -0.494 e. The second-order valence-electron chi connectivity index (χ2n) is 7.64. The first-order valence-corrected chi connectivity index (χ1v) is 10.5. The lowest BCUT2D eigenvalue weighted by Gasteiger charge is -2.24. The molecule has 1 aliphatic rings. The van der Waals surface area contributed by atoms with Crippen LogP contribution >= 0.6 is 0 Å². The Morgan fingerprint density at radius 3 is 2.33 bits per heavy atom. The van der Waals surface area contributed by atoms with Crippen molar-refractivity contribution in [3.05, 3.63) is 59.7 Å². The van der Waals surface area contributed by atoms with Gasteiger partial charge in [-0.3, -0.25) is 15.0 Å². The first-order chi connectivity index (χ1) is 15.7. The summed E-state index contributed by atoms with van der Waals surface area (Å²) in [5.74, 6) is -1.87. The van der Waals surface area contributed by atoms with Crippen molar-refractivity contribution < 1.29 is 27.5 Å². The van der Waals surface area contributed by atoms with Crippen molar-refractivity contribution >= 4 is 23.3 Å². The van der Waals surface area contributed by atoms with Gasteiger partial charge in [0, 0.05) is 36.4 Å². The summed E-state index contributed by atoms with van der Waals surface area (Å²) in [4.78, 5) is 26.8. The summed E-state index contributed by atoms with van der Waals surface area (Å²) in [5, 5.41) is 7.44. The van der Waals surface area contributed by atoms with Gasteiger partial charge in [-0.25, -0.2) is 0 Å². The van der Waals surface area contributed by atoms with Gasteiger partial charge in [0.15, 0.2) is 0 Å². The summed E-state index contributed by atoms with van der Waals surface area (Å²) in [6, 6.07) is 12.1. The lowest BCUT2D eigenvalue weighted by atomic mass is 10.1. The third-order valence-corrected chi connectivity index (χ3v) is 5.25. The second-order valence-corrected chi connectivity index (χ2v) is 7.64. The monoisotopic (exact) mass is 462 g/mol. The van der Waals surface area contributed by atoms with E-state index in [0.717, 1.165) is 12.8 Å². The first-order valence-electron chi connectivity index (χ1n) is 10.5. The van der Waals surface area contributed by atoms with E-state index in [1.165, 1.54) is 24.3 Å². The van der Waals surface area contributed by atoms with Gasteiger partial charge in [0.2, 0.25) is 0 Å². The fourth-order valence-electron chi connectivity index (χ4n) is 3.55. The van der Waals surface area contributed by atoms with Crippen molar-refractivity contribution in [3.63, 3.8) is 0 Å². The number of hydrogen-bond donors (Lipinski definition) is 2. The van der Waals surface area contributed by atoms with E-state index in [1.54, 1.807) is 29.2 Å². The lowest BCUT2D eigenvalue weighted by molar-refractivity contribution is -0.170. The number of benzene rings is 2. The van der Waals surface area contributed by atoms with Gasteiger partial charge in [-0.15, -0.1) is 0 Å². The molecule has 7 nitrogen and oxygen atoms in total. The van der Waals surface area contributed by atoms with Crippen LogP contribution in [0.1, 0.15) is 35.2 Å². The number of likely N-dealkylation sites (tertiary alicyclic amines) is 1. The number of amides is 2. The van der Waals surface area contributed by atoms with Crippen LogP contribution in [-0.2, 0) is 4.79 Å². The first kappa shape index (κ1) is 24.1. The van der Waals surface area contributed by atoms with Gasteiger partial charge < -0.3 is 20.3 Å². The van der Waals surface area contributed by atoms with Gasteiger partial charge >= 0.3 is 12.1 Å². The molecule has 2 aromatic rings. The molecule has 0 bridgehead atoms. The molecule has 0 aromatic heterocycles. The molecule has 0 spiro atoms.